The minimum Gasteiger partial charge on any atom is -0.494 e. The lowest BCUT2D eigenvalue weighted by atomic mass is 10.3. The first-order valence-corrected chi connectivity index (χ1v) is 7.92. The number of rotatable bonds is 8. The van der Waals surface area contributed by atoms with E-state index >= 15 is 0 Å². The summed E-state index contributed by atoms with van der Waals surface area (Å²) in [6.45, 7) is 4.21. The van der Waals surface area contributed by atoms with Crippen LogP contribution in [0.3, 0.4) is 0 Å². The highest BCUT2D eigenvalue weighted by molar-refractivity contribution is 9.10. The minimum atomic E-state index is 0.613. The number of hydrogen-bond donors (Lipinski definition) is 1. The normalized spacial score (nSPS) is 10.2. The fourth-order valence-electron chi connectivity index (χ4n) is 1.81. The first-order valence-electron chi connectivity index (χ1n) is 7.13. The summed E-state index contributed by atoms with van der Waals surface area (Å²) < 4.78 is 12.3. The Labute approximate surface area is 134 Å². The molecule has 0 spiro atoms. The van der Waals surface area contributed by atoms with Crippen molar-refractivity contribution in [3.05, 3.63) is 53.0 Å². The first-order chi connectivity index (χ1) is 10.3. The summed E-state index contributed by atoms with van der Waals surface area (Å²) in [5.41, 5.74) is 1.08. The van der Waals surface area contributed by atoms with Crippen LogP contribution >= 0.6 is 15.9 Å². The van der Waals surface area contributed by atoms with Crippen molar-refractivity contribution in [1.82, 2.24) is 0 Å². The number of halogens is 1. The Morgan fingerprint density at radius 2 is 1.62 bits per heavy atom. The Bertz CT molecular complexity index is 543. The van der Waals surface area contributed by atoms with Crippen LogP contribution in [0.5, 0.6) is 11.5 Å². The van der Waals surface area contributed by atoms with Crippen LogP contribution in [0.15, 0.2) is 53.0 Å². The molecule has 2 aromatic carbocycles. The Balaban J connectivity index is 1.71. The average Bonchev–Trinajstić information content (AvgIpc) is 2.51. The van der Waals surface area contributed by atoms with Crippen molar-refractivity contribution in [3.8, 4) is 11.5 Å². The summed E-state index contributed by atoms with van der Waals surface area (Å²) in [7, 11) is 0. The number of hydrogen-bond acceptors (Lipinski definition) is 3. The number of nitrogens with one attached hydrogen (secondary N) is 1. The maximum Gasteiger partial charge on any atom is 0.119 e. The van der Waals surface area contributed by atoms with Crippen LogP contribution in [0.4, 0.5) is 5.69 Å². The molecule has 4 heteroatoms. The van der Waals surface area contributed by atoms with Gasteiger partial charge in [0.05, 0.1) is 6.61 Å². The molecule has 2 aromatic rings. The predicted molar refractivity (Wildman–Crippen MR) is 90.4 cm³/mol. The quantitative estimate of drug-likeness (QED) is 0.699. The summed E-state index contributed by atoms with van der Waals surface area (Å²) in [5, 5.41) is 3.32. The highest BCUT2D eigenvalue weighted by Crippen LogP contribution is 2.18. The monoisotopic (exact) mass is 349 g/mol. The van der Waals surface area contributed by atoms with E-state index in [0.717, 1.165) is 41.2 Å². The fraction of sp³-hybridized carbons (Fsp3) is 0.294. The SMILES string of the molecule is CCCOc1ccc(OCCNc2cccc(Br)c2)cc1. The van der Waals surface area contributed by atoms with Crippen molar-refractivity contribution in [2.24, 2.45) is 0 Å². The molecule has 0 amide bonds. The standard InChI is InChI=1S/C17H20BrNO2/c1-2-11-20-16-6-8-17(9-7-16)21-12-10-19-15-5-3-4-14(18)13-15/h3-9,13,19H,2,10-12H2,1H3. The van der Waals surface area contributed by atoms with Crippen molar-refractivity contribution in [2.75, 3.05) is 25.1 Å². The topological polar surface area (TPSA) is 30.5 Å². The van der Waals surface area contributed by atoms with Crippen LogP contribution in [0.2, 0.25) is 0 Å². The Kier molecular flexibility index (Phi) is 6.41. The smallest absolute Gasteiger partial charge is 0.119 e. The maximum absolute atomic E-state index is 5.69. The van der Waals surface area contributed by atoms with Crippen molar-refractivity contribution in [3.63, 3.8) is 0 Å². The summed E-state index contributed by atoms with van der Waals surface area (Å²) in [5.74, 6) is 1.74. The van der Waals surface area contributed by atoms with Crippen LogP contribution in [-0.4, -0.2) is 19.8 Å². The van der Waals surface area contributed by atoms with Crippen molar-refractivity contribution in [2.45, 2.75) is 13.3 Å². The molecule has 0 radical (unpaired) electrons. The van der Waals surface area contributed by atoms with Crippen LogP contribution in [0, 0.1) is 0 Å². The van der Waals surface area contributed by atoms with E-state index in [1.165, 1.54) is 0 Å². The van der Waals surface area contributed by atoms with Gasteiger partial charge in [-0.25, -0.2) is 0 Å². The van der Waals surface area contributed by atoms with Crippen molar-refractivity contribution < 1.29 is 9.47 Å². The minimum absolute atomic E-state index is 0.613. The molecule has 1 N–H and O–H groups in total. The number of ether oxygens (including phenoxy) is 2. The molecular formula is C17H20BrNO2. The Morgan fingerprint density at radius 1 is 0.952 bits per heavy atom. The molecule has 112 valence electrons. The first kappa shape index (κ1) is 15.7. The Hall–Kier alpha value is -1.68. The third-order valence-electron chi connectivity index (χ3n) is 2.82. The van der Waals surface area contributed by atoms with E-state index in [4.69, 9.17) is 9.47 Å². The van der Waals surface area contributed by atoms with Gasteiger partial charge in [0.2, 0.25) is 0 Å². The van der Waals surface area contributed by atoms with Gasteiger partial charge in [0.1, 0.15) is 18.1 Å². The molecule has 0 aliphatic carbocycles. The second-order valence-corrected chi connectivity index (χ2v) is 5.52. The highest BCUT2D eigenvalue weighted by atomic mass is 79.9. The molecule has 3 nitrogen and oxygen atoms in total. The zero-order valence-corrected chi connectivity index (χ0v) is 13.7. The van der Waals surface area contributed by atoms with Crippen molar-refractivity contribution in [1.29, 1.82) is 0 Å². The van der Waals surface area contributed by atoms with Gasteiger partial charge in [-0.05, 0) is 48.9 Å². The van der Waals surface area contributed by atoms with Gasteiger partial charge in [-0.3, -0.25) is 0 Å². The van der Waals surface area contributed by atoms with E-state index < -0.39 is 0 Å². The van der Waals surface area contributed by atoms with Crippen LogP contribution < -0.4 is 14.8 Å². The molecule has 0 aromatic heterocycles. The van der Waals surface area contributed by atoms with Crippen LogP contribution in [0.25, 0.3) is 0 Å². The van der Waals surface area contributed by atoms with E-state index in [9.17, 15) is 0 Å². The lowest BCUT2D eigenvalue weighted by molar-refractivity contribution is 0.313. The molecule has 0 heterocycles. The van der Waals surface area contributed by atoms with Gasteiger partial charge in [-0.1, -0.05) is 28.9 Å². The third-order valence-corrected chi connectivity index (χ3v) is 3.31. The van der Waals surface area contributed by atoms with E-state index in [1.807, 2.05) is 48.5 Å². The lowest BCUT2D eigenvalue weighted by Crippen LogP contribution is -2.11. The summed E-state index contributed by atoms with van der Waals surface area (Å²) in [4.78, 5) is 0. The maximum atomic E-state index is 5.69. The molecule has 0 atom stereocenters. The average molecular weight is 350 g/mol. The highest BCUT2D eigenvalue weighted by Gasteiger charge is 1.97. The molecular weight excluding hydrogens is 330 g/mol. The predicted octanol–water partition coefficient (Wildman–Crippen LogP) is 4.73. The lowest BCUT2D eigenvalue weighted by Gasteiger charge is -2.10. The Morgan fingerprint density at radius 3 is 2.24 bits per heavy atom. The van der Waals surface area contributed by atoms with E-state index in [1.54, 1.807) is 0 Å². The molecule has 0 bridgehead atoms. The number of benzene rings is 2. The van der Waals surface area contributed by atoms with Gasteiger partial charge in [-0.15, -0.1) is 0 Å². The molecule has 0 fully saturated rings. The van der Waals surface area contributed by atoms with Gasteiger partial charge in [0, 0.05) is 16.7 Å². The van der Waals surface area contributed by atoms with Crippen LogP contribution in [-0.2, 0) is 0 Å². The largest absolute Gasteiger partial charge is 0.494 e. The second-order valence-electron chi connectivity index (χ2n) is 4.61. The van der Waals surface area contributed by atoms with Crippen LogP contribution in [0.1, 0.15) is 13.3 Å². The summed E-state index contributed by atoms with van der Waals surface area (Å²) in [6.07, 6.45) is 1.01. The van der Waals surface area contributed by atoms with Gasteiger partial charge in [-0.2, -0.15) is 0 Å². The molecule has 21 heavy (non-hydrogen) atoms. The van der Waals surface area contributed by atoms with Gasteiger partial charge < -0.3 is 14.8 Å². The molecule has 0 aliphatic heterocycles. The number of anilines is 1. The summed E-state index contributed by atoms with van der Waals surface area (Å²) >= 11 is 3.45. The molecule has 0 saturated carbocycles. The van der Waals surface area contributed by atoms with Gasteiger partial charge in [0.25, 0.3) is 0 Å². The van der Waals surface area contributed by atoms with Gasteiger partial charge >= 0.3 is 0 Å². The second kappa shape index (κ2) is 8.57. The third kappa shape index (κ3) is 5.68. The van der Waals surface area contributed by atoms with Gasteiger partial charge in [0.15, 0.2) is 0 Å². The summed E-state index contributed by atoms with van der Waals surface area (Å²) in [6, 6.07) is 15.8. The fourth-order valence-corrected chi connectivity index (χ4v) is 2.21. The van der Waals surface area contributed by atoms with E-state index in [0.29, 0.717) is 6.61 Å². The van der Waals surface area contributed by atoms with Crippen molar-refractivity contribution >= 4 is 21.6 Å². The molecule has 2 rings (SSSR count). The molecule has 0 aliphatic rings. The van der Waals surface area contributed by atoms with E-state index in [-0.39, 0.29) is 0 Å². The zero-order chi connectivity index (χ0) is 14.9. The molecule has 0 unspecified atom stereocenters. The molecule has 0 saturated heterocycles. The van der Waals surface area contributed by atoms with E-state index in [2.05, 4.69) is 28.2 Å². The zero-order valence-electron chi connectivity index (χ0n) is 12.1.